The van der Waals surface area contributed by atoms with Crippen molar-refractivity contribution < 1.29 is 19.0 Å². The zero-order chi connectivity index (χ0) is 32.9. The van der Waals surface area contributed by atoms with Crippen LogP contribution in [0.1, 0.15) is 58.5 Å². The molecule has 0 aliphatic rings. The van der Waals surface area contributed by atoms with Crippen LogP contribution in [0.2, 0.25) is 0 Å². The number of methoxy groups -OCH3 is 1. The summed E-state index contributed by atoms with van der Waals surface area (Å²) in [5, 5.41) is 1.10. The van der Waals surface area contributed by atoms with E-state index in [4.69, 9.17) is 14.2 Å². The van der Waals surface area contributed by atoms with Crippen LogP contribution < -0.4 is 9.47 Å². The standard InChI is InChI=1S/C38H43N3O4S/c1-8-44-36(42)38(5,6)22-33-35(46-37(2,3)4)31-21-30(45-25-29-14-9-10-19-39-29)16-17-32(31)41(33)24-26-12-11-13-27(20-26)28-15-18-34(43-7)40-23-28/h9-21,23H,8,22,24-25H2,1-7H3. The Balaban J connectivity index is 1.62. The Morgan fingerprint density at radius 2 is 1.74 bits per heavy atom. The minimum absolute atomic E-state index is 0.0754. The van der Waals surface area contributed by atoms with Crippen LogP contribution in [0.3, 0.4) is 0 Å². The smallest absolute Gasteiger partial charge is 0.311 e. The van der Waals surface area contributed by atoms with Crippen molar-refractivity contribution in [2.45, 2.75) is 70.8 Å². The summed E-state index contributed by atoms with van der Waals surface area (Å²) in [6.45, 7) is 13.8. The lowest BCUT2D eigenvalue weighted by Crippen LogP contribution is -2.30. The molecule has 0 N–H and O–H groups in total. The van der Waals surface area contributed by atoms with E-state index in [1.807, 2.05) is 75.1 Å². The van der Waals surface area contributed by atoms with Gasteiger partial charge in [0.2, 0.25) is 5.88 Å². The molecule has 240 valence electrons. The van der Waals surface area contributed by atoms with Crippen molar-refractivity contribution in [3.63, 3.8) is 0 Å². The second kappa shape index (κ2) is 14.0. The van der Waals surface area contributed by atoms with Gasteiger partial charge in [0.1, 0.15) is 12.4 Å². The fraction of sp³-hybridized carbons (Fsp3) is 0.342. The number of ether oxygens (including phenoxy) is 3. The predicted octanol–water partition coefficient (Wildman–Crippen LogP) is 8.76. The minimum Gasteiger partial charge on any atom is -0.487 e. The number of thioether (sulfide) groups is 1. The molecule has 0 aliphatic carbocycles. The third-order valence-electron chi connectivity index (χ3n) is 7.60. The first kappa shape index (κ1) is 33.1. The molecule has 3 heterocycles. The summed E-state index contributed by atoms with van der Waals surface area (Å²) in [7, 11) is 1.62. The zero-order valence-corrected chi connectivity index (χ0v) is 28.6. The van der Waals surface area contributed by atoms with Crippen LogP contribution in [0.15, 0.2) is 90.1 Å². The highest BCUT2D eigenvalue weighted by Gasteiger charge is 2.34. The van der Waals surface area contributed by atoms with Crippen molar-refractivity contribution in [3.05, 3.63) is 102 Å². The third kappa shape index (κ3) is 7.91. The number of hydrogen-bond acceptors (Lipinski definition) is 7. The van der Waals surface area contributed by atoms with Gasteiger partial charge in [0.25, 0.3) is 0 Å². The lowest BCUT2D eigenvalue weighted by molar-refractivity contribution is -0.153. The summed E-state index contributed by atoms with van der Waals surface area (Å²) in [5.74, 6) is 1.16. The maximum Gasteiger partial charge on any atom is 0.311 e. The van der Waals surface area contributed by atoms with Crippen molar-refractivity contribution in [2.24, 2.45) is 5.41 Å². The topological polar surface area (TPSA) is 75.5 Å². The van der Waals surface area contributed by atoms with Crippen LogP contribution in [-0.2, 0) is 29.1 Å². The third-order valence-corrected chi connectivity index (χ3v) is 8.87. The maximum atomic E-state index is 13.2. The summed E-state index contributed by atoms with van der Waals surface area (Å²) >= 11 is 1.82. The summed E-state index contributed by atoms with van der Waals surface area (Å²) in [6, 6.07) is 24.5. The second-order valence-corrected chi connectivity index (χ2v) is 14.8. The van der Waals surface area contributed by atoms with Crippen LogP contribution in [0.5, 0.6) is 11.6 Å². The number of fused-ring (bicyclic) bond motifs is 1. The number of aromatic nitrogens is 3. The van der Waals surface area contributed by atoms with Gasteiger partial charge in [-0.05, 0) is 74.4 Å². The van der Waals surface area contributed by atoms with Gasteiger partial charge < -0.3 is 18.8 Å². The van der Waals surface area contributed by atoms with E-state index in [0.717, 1.165) is 49.6 Å². The largest absolute Gasteiger partial charge is 0.487 e. The molecule has 0 unspecified atom stereocenters. The van der Waals surface area contributed by atoms with Crippen LogP contribution in [0.4, 0.5) is 0 Å². The molecule has 46 heavy (non-hydrogen) atoms. The molecule has 0 fully saturated rings. The average molecular weight is 638 g/mol. The van der Waals surface area contributed by atoms with E-state index in [1.165, 1.54) is 0 Å². The number of carbonyl (C=O) groups excluding carboxylic acids is 1. The van der Waals surface area contributed by atoms with Crippen LogP contribution in [-0.4, -0.2) is 39.0 Å². The first-order chi connectivity index (χ1) is 22.0. The van der Waals surface area contributed by atoms with Gasteiger partial charge in [0.15, 0.2) is 0 Å². The molecule has 8 heteroatoms. The first-order valence-electron chi connectivity index (χ1n) is 15.6. The Kier molecular flexibility index (Phi) is 10.1. The molecule has 0 amide bonds. The number of hydrogen-bond donors (Lipinski definition) is 0. The number of pyridine rings is 2. The highest BCUT2D eigenvalue weighted by Crippen LogP contribution is 2.44. The van der Waals surface area contributed by atoms with Gasteiger partial charge in [-0.2, -0.15) is 0 Å². The number of esters is 1. The van der Waals surface area contributed by atoms with Crippen molar-refractivity contribution in [1.29, 1.82) is 0 Å². The van der Waals surface area contributed by atoms with E-state index in [9.17, 15) is 4.79 Å². The highest BCUT2D eigenvalue weighted by molar-refractivity contribution is 8.00. The molecule has 0 bridgehead atoms. The lowest BCUT2D eigenvalue weighted by Gasteiger charge is -2.26. The van der Waals surface area contributed by atoms with Crippen molar-refractivity contribution >= 4 is 28.6 Å². The number of rotatable bonds is 12. The van der Waals surface area contributed by atoms with Gasteiger partial charge in [-0.15, -0.1) is 11.8 Å². The molecule has 0 aliphatic heterocycles. The van der Waals surface area contributed by atoms with E-state index >= 15 is 0 Å². The number of carbonyl (C=O) groups is 1. The van der Waals surface area contributed by atoms with Crippen molar-refractivity contribution in [3.8, 4) is 22.8 Å². The van der Waals surface area contributed by atoms with E-state index in [0.29, 0.717) is 32.1 Å². The summed E-state index contributed by atoms with van der Waals surface area (Å²) in [4.78, 5) is 23.2. The lowest BCUT2D eigenvalue weighted by atomic mass is 9.87. The highest BCUT2D eigenvalue weighted by atomic mass is 32.2. The quantitative estimate of drug-likeness (QED) is 0.100. The van der Waals surface area contributed by atoms with Crippen LogP contribution >= 0.6 is 11.8 Å². The van der Waals surface area contributed by atoms with Gasteiger partial charge in [0.05, 0.1) is 24.8 Å². The molecule has 5 rings (SSSR count). The Bertz CT molecular complexity index is 1790. The molecular formula is C38H43N3O4S. The molecule has 0 atom stereocenters. The molecule has 2 aromatic carbocycles. The predicted molar refractivity (Wildman–Crippen MR) is 186 cm³/mol. The first-order valence-corrected chi connectivity index (χ1v) is 16.4. The molecule has 0 radical (unpaired) electrons. The molecule has 3 aromatic heterocycles. The average Bonchev–Trinajstić information content (AvgIpc) is 3.29. The van der Waals surface area contributed by atoms with Gasteiger partial charge >= 0.3 is 5.97 Å². The second-order valence-electron chi connectivity index (χ2n) is 12.9. The Labute approximate surface area is 276 Å². The molecule has 7 nitrogen and oxygen atoms in total. The zero-order valence-electron chi connectivity index (χ0n) is 27.8. The summed E-state index contributed by atoms with van der Waals surface area (Å²) in [5.41, 5.74) is 5.56. The van der Waals surface area contributed by atoms with Gasteiger partial charge in [-0.25, -0.2) is 4.98 Å². The fourth-order valence-electron chi connectivity index (χ4n) is 5.38. The Hall–Kier alpha value is -4.30. The molecule has 5 aromatic rings. The van der Waals surface area contributed by atoms with Crippen molar-refractivity contribution in [1.82, 2.24) is 14.5 Å². The molecular weight excluding hydrogens is 595 g/mol. The van der Waals surface area contributed by atoms with Crippen molar-refractivity contribution in [2.75, 3.05) is 13.7 Å². The Morgan fingerprint density at radius 1 is 0.913 bits per heavy atom. The number of benzene rings is 2. The van der Waals surface area contributed by atoms with Gasteiger partial charge in [-0.1, -0.05) is 45.0 Å². The van der Waals surface area contributed by atoms with E-state index in [1.54, 1.807) is 13.3 Å². The number of nitrogens with zero attached hydrogens (tertiary/aromatic N) is 3. The van der Waals surface area contributed by atoms with E-state index in [-0.39, 0.29) is 10.7 Å². The van der Waals surface area contributed by atoms with Gasteiger partial charge in [0, 0.05) is 63.2 Å². The molecule has 0 spiro atoms. The maximum absolute atomic E-state index is 13.2. The summed E-state index contributed by atoms with van der Waals surface area (Å²) < 4.78 is 19.3. The summed E-state index contributed by atoms with van der Waals surface area (Å²) in [6.07, 6.45) is 4.13. The Morgan fingerprint density at radius 3 is 2.41 bits per heavy atom. The monoisotopic (exact) mass is 637 g/mol. The normalized spacial score (nSPS) is 11.9. The fourth-order valence-corrected chi connectivity index (χ4v) is 6.57. The van der Waals surface area contributed by atoms with Crippen LogP contribution in [0, 0.1) is 5.41 Å². The van der Waals surface area contributed by atoms with Gasteiger partial charge in [-0.3, -0.25) is 9.78 Å². The minimum atomic E-state index is -0.732. The van der Waals surface area contributed by atoms with Crippen LogP contribution in [0.25, 0.3) is 22.0 Å². The molecule has 0 saturated heterocycles. The van der Waals surface area contributed by atoms with E-state index < -0.39 is 5.41 Å². The SMILES string of the molecule is CCOC(=O)C(C)(C)Cc1c(SC(C)(C)C)c2cc(OCc3ccccn3)ccc2n1Cc1cccc(-c2ccc(OC)nc2)c1. The molecule has 0 saturated carbocycles. The van der Waals surface area contributed by atoms with E-state index in [2.05, 4.69) is 71.7 Å².